The maximum atomic E-state index is 4.41. The van der Waals surface area contributed by atoms with Gasteiger partial charge in [-0.3, -0.25) is 0 Å². The fourth-order valence-electron chi connectivity index (χ4n) is 1.81. The molecule has 18 heavy (non-hydrogen) atoms. The van der Waals surface area contributed by atoms with E-state index in [0.717, 1.165) is 17.0 Å². The minimum atomic E-state index is -1.50. The van der Waals surface area contributed by atoms with Gasteiger partial charge in [0.15, 0.2) is 13.9 Å². The second-order valence-corrected chi connectivity index (χ2v) is 16.1. The summed E-state index contributed by atoms with van der Waals surface area (Å²) in [5.41, 5.74) is 1.84. The zero-order chi connectivity index (χ0) is 13.6. The molecule has 7 heteroatoms. The van der Waals surface area contributed by atoms with Crippen molar-refractivity contribution in [2.24, 2.45) is 0 Å². The average Bonchev–Trinajstić information content (AvgIpc) is 2.58. The van der Waals surface area contributed by atoms with Gasteiger partial charge in [0.1, 0.15) is 25.9 Å². The van der Waals surface area contributed by atoms with Crippen LogP contribution in [0.3, 0.4) is 0 Å². The summed E-state index contributed by atoms with van der Waals surface area (Å²) in [4.78, 5) is 16.6. The first-order valence-corrected chi connectivity index (χ1v) is 13.1. The number of imidazole rings is 1. The average molecular weight is 279 g/mol. The molecule has 0 saturated heterocycles. The molecule has 0 bridgehead atoms. The number of aromatic nitrogens is 4. The van der Waals surface area contributed by atoms with Gasteiger partial charge in [-0.1, -0.05) is 39.3 Å². The van der Waals surface area contributed by atoms with Crippen LogP contribution in [0.1, 0.15) is 0 Å². The van der Waals surface area contributed by atoms with Crippen LogP contribution < -0.4 is 4.98 Å². The van der Waals surface area contributed by atoms with Crippen molar-refractivity contribution in [2.45, 2.75) is 39.3 Å². The molecule has 5 nitrogen and oxygen atoms in total. The van der Waals surface area contributed by atoms with E-state index in [2.05, 4.69) is 63.4 Å². The quantitative estimate of drug-likeness (QED) is 0.878. The van der Waals surface area contributed by atoms with E-state index in [4.69, 9.17) is 0 Å². The highest BCUT2D eigenvalue weighted by Gasteiger charge is 2.23. The lowest BCUT2D eigenvalue weighted by atomic mass is 10.5. The molecule has 2 aromatic heterocycles. The summed E-state index contributed by atoms with van der Waals surface area (Å²) in [6, 6.07) is 0. The standard InChI is InChI=1S/C11H21N5Si2/c1-17(2,3)15-11-9-10(12-7-13-11)14-8-16(9)18(4,5)6/h7-8H,1-6H3,(H,12,13,15). The van der Waals surface area contributed by atoms with Crippen LogP contribution in [-0.2, 0) is 0 Å². The predicted molar refractivity (Wildman–Crippen MR) is 81.0 cm³/mol. The number of fused-ring (bicyclic) bond motifs is 1. The third-order valence-electron chi connectivity index (χ3n) is 2.56. The normalized spacial score (nSPS) is 13.0. The lowest BCUT2D eigenvalue weighted by molar-refractivity contribution is 1.15. The highest BCUT2D eigenvalue weighted by molar-refractivity contribution is 6.79. The van der Waals surface area contributed by atoms with Crippen molar-refractivity contribution in [1.82, 2.24) is 19.2 Å². The van der Waals surface area contributed by atoms with Gasteiger partial charge in [-0.2, -0.15) is 0 Å². The van der Waals surface area contributed by atoms with Crippen molar-refractivity contribution < 1.29 is 0 Å². The Morgan fingerprint density at radius 2 is 1.67 bits per heavy atom. The molecule has 1 N–H and O–H groups in total. The monoisotopic (exact) mass is 279 g/mol. The van der Waals surface area contributed by atoms with Crippen molar-refractivity contribution >= 4 is 33.5 Å². The molecule has 2 heterocycles. The summed E-state index contributed by atoms with van der Waals surface area (Å²) < 4.78 is 2.27. The van der Waals surface area contributed by atoms with E-state index in [1.54, 1.807) is 6.33 Å². The van der Waals surface area contributed by atoms with E-state index < -0.39 is 16.5 Å². The van der Waals surface area contributed by atoms with Crippen LogP contribution in [0.4, 0.5) is 5.82 Å². The minimum Gasteiger partial charge on any atom is -0.394 e. The van der Waals surface area contributed by atoms with Crippen molar-refractivity contribution in [3.8, 4) is 0 Å². The molecule has 0 atom stereocenters. The van der Waals surface area contributed by atoms with Gasteiger partial charge in [-0.05, 0) is 0 Å². The van der Waals surface area contributed by atoms with Gasteiger partial charge < -0.3 is 9.22 Å². The first-order valence-electron chi connectivity index (χ1n) is 6.15. The maximum Gasteiger partial charge on any atom is 0.182 e. The summed E-state index contributed by atoms with van der Waals surface area (Å²) in [5, 5.41) is 0. The van der Waals surface area contributed by atoms with E-state index >= 15 is 0 Å². The molecule has 0 unspecified atom stereocenters. The fourth-order valence-corrected chi connectivity index (χ4v) is 3.99. The number of hydrogen-bond acceptors (Lipinski definition) is 4. The molecule has 98 valence electrons. The highest BCUT2D eigenvalue weighted by Crippen LogP contribution is 2.23. The number of hydrogen-bond donors (Lipinski definition) is 1. The Morgan fingerprint density at radius 1 is 1.00 bits per heavy atom. The first-order chi connectivity index (χ1) is 8.18. The molecule has 0 spiro atoms. The summed E-state index contributed by atoms with van der Waals surface area (Å²) in [5.74, 6) is 0.930. The van der Waals surface area contributed by atoms with Gasteiger partial charge in [0.05, 0.1) is 6.33 Å². The van der Waals surface area contributed by atoms with E-state index in [-0.39, 0.29) is 0 Å². The van der Waals surface area contributed by atoms with Crippen LogP contribution in [0.25, 0.3) is 11.2 Å². The Bertz CT molecular complexity index is 565. The van der Waals surface area contributed by atoms with Gasteiger partial charge in [0, 0.05) is 0 Å². The Balaban J connectivity index is 2.63. The van der Waals surface area contributed by atoms with Gasteiger partial charge in [-0.15, -0.1) is 0 Å². The molecule has 2 aromatic rings. The van der Waals surface area contributed by atoms with Crippen LogP contribution in [0, 0.1) is 0 Å². The summed E-state index contributed by atoms with van der Waals surface area (Å²) >= 11 is 0. The van der Waals surface area contributed by atoms with E-state index in [1.165, 1.54) is 0 Å². The van der Waals surface area contributed by atoms with Crippen LogP contribution in [0.5, 0.6) is 0 Å². The molecule has 0 aliphatic carbocycles. The lowest BCUT2D eigenvalue weighted by Gasteiger charge is -2.23. The minimum absolute atomic E-state index is 0.785. The number of rotatable bonds is 3. The number of nitrogens with one attached hydrogen (secondary N) is 1. The Labute approximate surface area is 110 Å². The van der Waals surface area contributed by atoms with Crippen molar-refractivity contribution in [3.63, 3.8) is 0 Å². The lowest BCUT2D eigenvalue weighted by Crippen LogP contribution is -2.35. The van der Waals surface area contributed by atoms with Crippen molar-refractivity contribution in [3.05, 3.63) is 12.7 Å². The Morgan fingerprint density at radius 3 is 2.22 bits per heavy atom. The van der Waals surface area contributed by atoms with Gasteiger partial charge in [0.2, 0.25) is 0 Å². The van der Waals surface area contributed by atoms with Crippen LogP contribution >= 0.6 is 0 Å². The molecular formula is C11H21N5Si2. The van der Waals surface area contributed by atoms with Crippen molar-refractivity contribution in [2.75, 3.05) is 4.98 Å². The smallest absolute Gasteiger partial charge is 0.182 e. The molecule has 0 aliphatic heterocycles. The van der Waals surface area contributed by atoms with E-state index in [1.807, 2.05) is 6.33 Å². The molecular weight excluding hydrogens is 258 g/mol. The largest absolute Gasteiger partial charge is 0.394 e. The fraction of sp³-hybridized carbons (Fsp3) is 0.545. The third-order valence-corrected chi connectivity index (χ3v) is 5.33. The predicted octanol–water partition coefficient (Wildman–Crippen LogP) is 2.76. The van der Waals surface area contributed by atoms with Gasteiger partial charge in [0.25, 0.3) is 0 Å². The van der Waals surface area contributed by atoms with E-state index in [9.17, 15) is 0 Å². The molecule has 0 aromatic carbocycles. The maximum absolute atomic E-state index is 4.41. The van der Waals surface area contributed by atoms with Crippen LogP contribution in [0.15, 0.2) is 12.7 Å². The molecule has 0 amide bonds. The highest BCUT2D eigenvalue weighted by atomic mass is 28.3. The molecule has 0 radical (unpaired) electrons. The third kappa shape index (κ3) is 2.61. The second kappa shape index (κ2) is 4.16. The number of anilines is 1. The zero-order valence-corrected chi connectivity index (χ0v) is 13.9. The Hall–Kier alpha value is -1.22. The zero-order valence-electron chi connectivity index (χ0n) is 11.9. The topological polar surface area (TPSA) is 55.6 Å². The summed E-state index contributed by atoms with van der Waals surface area (Å²) in [7, 11) is -2.94. The summed E-state index contributed by atoms with van der Waals surface area (Å²) in [6.07, 6.45) is 3.49. The SMILES string of the molecule is C[Si](C)(C)Nc1ncnc2ncn([Si](C)(C)C)c12. The van der Waals surface area contributed by atoms with Crippen LogP contribution in [0.2, 0.25) is 39.3 Å². The molecule has 0 aliphatic rings. The summed E-state index contributed by atoms with van der Waals surface area (Å²) in [6.45, 7) is 13.7. The van der Waals surface area contributed by atoms with Gasteiger partial charge >= 0.3 is 0 Å². The Kier molecular flexibility index (Phi) is 3.06. The molecule has 0 fully saturated rings. The van der Waals surface area contributed by atoms with Gasteiger partial charge in [-0.25, -0.2) is 15.0 Å². The number of nitrogens with zero attached hydrogens (tertiary/aromatic N) is 4. The van der Waals surface area contributed by atoms with E-state index in [0.29, 0.717) is 0 Å². The first kappa shape index (κ1) is 13.2. The molecule has 0 saturated carbocycles. The van der Waals surface area contributed by atoms with Crippen LogP contribution in [-0.4, -0.2) is 35.7 Å². The second-order valence-electron chi connectivity index (χ2n) is 6.55. The molecule has 2 rings (SSSR count). The van der Waals surface area contributed by atoms with Crippen molar-refractivity contribution in [1.29, 1.82) is 0 Å².